The second-order valence-electron chi connectivity index (χ2n) is 7.16. The molecule has 1 atom stereocenters. The zero-order valence-corrected chi connectivity index (χ0v) is 16.2. The molecule has 5 nitrogen and oxygen atoms in total. The first-order chi connectivity index (χ1) is 12.5. The van der Waals surface area contributed by atoms with Gasteiger partial charge in [-0.3, -0.25) is 9.48 Å². The number of nitrogens with one attached hydrogen (secondary N) is 2. The quantitative estimate of drug-likeness (QED) is 0.742. The first-order valence-corrected chi connectivity index (χ1v) is 9.92. The molecule has 2 N–H and O–H groups in total. The van der Waals surface area contributed by atoms with Crippen molar-refractivity contribution < 1.29 is 4.79 Å². The molecule has 1 aliphatic heterocycles. The highest BCUT2D eigenvalue weighted by atomic mass is 32.1. The van der Waals surface area contributed by atoms with E-state index in [9.17, 15) is 4.79 Å². The van der Waals surface area contributed by atoms with Gasteiger partial charge in [-0.25, -0.2) is 0 Å². The number of fused-ring (bicyclic) bond motifs is 2. The maximum absolute atomic E-state index is 12.7. The molecule has 0 aliphatic carbocycles. The van der Waals surface area contributed by atoms with Crippen LogP contribution in [0.4, 0.5) is 0 Å². The fraction of sp³-hybridized carbons (Fsp3) is 0.400. The third-order valence-electron chi connectivity index (χ3n) is 4.99. The van der Waals surface area contributed by atoms with Crippen LogP contribution in [0, 0.1) is 0 Å². The van der Waals surface area contributed by atoms with E-state index in [1.807, 2.05) is 17.8 Å². The maximum Gasteiger partial charge on any atom is 0.261 e. The molecular weight excluding hydrogens is 344 g/mol. The number of nitrogens with zero attached hydrogens (tertiary/aromatic N) is 2. The van der Waals surface area contributed by atoms with Crippen LogP contribution in [0.1, 0.15) is 52.3 Å². The number of amides is 1. The van der Waals surface area contributed by atoms with E-state index in [-0.39, 0.29) is 11.9 Å². The highest BCUT2D eigenvalue weighted by Crippen LogP contribution is 2.31. The summed E-state index contributed by atoms with van der Waals surface area (Å²) in [6, 6.07) is 10.6. The summed E-state index contributed by atoms with van der Waals surface area (Å²) >= 11 is 1.51. The number of rotatable bonds is 4. The summed E-state index contributed by atoms with van der Waals surface area (Å²) < 4.78 is 1.88. The molecular formula is C20H24N4OS. The zero-order valence-electron chi connectivity index (χ0n) is 15.4. The number of benzene rings is 1. The first-order valence-electron chi connectivity index (χ1n) is 9.10. The second-order valence-corrected chi connectivity index (χ2v) is 8.19. The lowest BCUT2D eigenvalue weighted by molar-refractivity contribution is 0.0953. The van der Waals surface area contributed by atoms with E-state index < -0.39 is 0 Å². The number of thiophene rings is 1. The molecule has 0 bridgehead atoms. The molecule has 3 heterocycles. The Morgan fingerprint density at radius 1 is 1.42 bits per heavy atom. The van der Waals surface area contributed by atoms with Crippen molar-refractivity contribution in [3.05, 3.63) is 52.0 Å². The van der Waals surface area contributed by atoms with Gasteiger partial charge in [0.05, 0.1) is 10.6 Å². The number of hydrogen-bond donors (Lipinski definition) is 2. The minimum Gasteiger partial charge on any atom is -0.349 e. The number of aryl methyl sites for hydroxylation is 1. The van der Waals surface area contributed by atoms with Crippen LogP contribution in [0.5, 0.6) is 0 Å². The summed E-state index contributed by atoms with van der Waals surface area (Å²) in [6.45, 7) is 5.81. The van der Waals surface area contributed by atoms with Crippen molar-refractivity contribution in [3.63, 3.8) is 0 Å². The van der Waals surface area contributed by atoms with Crippen LogP contribution in [-0.4, -0.2) is 28.8 Å². The Morgan fingerprint density at radius 2 is 2.23 bits per heavy atom. The van der Waals surface area contributed by atoms with Gasteiger partial charge in [0.2, 0.25) is 0 Å². The van der Waals surface area contributed by atoms with Gasteiger partial charge in [0.15, 0.2) is 0 Å². The van der Waals surface area contributed by atoms with Crippen LogP contribution >= 0.6 is 11.3 Å². The summed E-state index contributed by atoms with van der Waals surface area (Å²) in [7, 11) is 1.94. The van der Waals surface area contributed by atoms with E-state index in [0.29, 0.717) is 12.5 Å². The van der Waals surface area contributed by atoms with Gasteiger partial charge in [-0.1, -0.05) is 38.1 Å². The predicted octanol–water partition coefficient (Wildman–Crippen LogP) is 3.38. The molecule has 3 aromatic rings. The van der Waals surface area contributed by atoms with Crippen molar-refractivity contribution in [2.24, 2.45) is 7.05 Å². The number of carbonyl (C=O) groups is 1. The van der Waals surface area contributed by atoms with Crippen LogP contribution in [0.25, 0.3) is 10.2 Å². The molecule has 1 aliphatic rings. The lowest BCUT2D eigenvalue weighted by Gasteiger charge is -2.27. The molecule has 1 unspecified atom stereocenters. The third kappa shape index (κ3) is 3.04. The minimum atomic E-state index is -0.00855. The molecule has 136 valence electrons. The van der Waals surface area contributed by atoms with Gasteiger partial charge >= 0.3 is 0 Å². The van der Waals surface area contributed by atoms with Gasteiger partial charge in [0, 0.05) is 25.0 Å². The summed E-state index contributed by atoms with van der Waals surface area (Å²) in [6.07, 6.45) is 1.04. The Bertz CT molecular complexity index is 956. The van der Waals surface area contributed by atoms with E-state index >= 15 is 0 Å². The van der Waals surface area contributed by atoms with Crippen molar-refractivity contribution in [1.82, 2.24) is 20.4 Å². The van der Waals surface area contributed by atoms with Gasteiger partial charge in [-0.15, -0.1) is 11.3 Å². The van der Waals surface area contributed by atoms with E-state index in [4.69, 9.17) is 0 Å². The summed E-state index contributed by atoms with van der Waals surface area (Å²) in [5.41, 5.74) is 3.72. The molecule has 0 fully saturated rings. The Balaban J connectivity index is 1.51. The largest absolute Gasteiger partial charge is 0.349 e. The fourth-order valence-corrected chi connectivity index (χ4v) is 4.66. The van der Waals surface area contributed by atoms with Crippen molar-refractivity contribution in [1.29, 1.82) is 0 Å². The Morgan fingerprint density at radius 3 is 3.04 bits per heavy atom. The highest BCUT2D eigenvalue weighted by molar-refractivity contribution is 7.20. The predicted molar refractivity (Wildman–Crippen MR) is 106 cm³/mol. The lowest BCUT2D eigenvalue weighted by Crippen LogP contribution is -2.38. The van der Waals surface area contributed by atoms with Gasteiger partial charge < -0.3 is 10.6 Å². The van der Waals surface area contributed by atoms with Gasteiger partial charge in [-0.05, 0) is 36.1 Å². The maximum atomic E-state index is 12.7. The van der Waals surface area contributed by atoms with Gasteiger partial charge in [0.1, 0.15) is 4.83 Å². The molecule has 26 heavy (non-hydrogen) atoms. The Kier molecular flexibility index (Phi) is 4.54. The van der Waals surface area contributed by atoms with E-state index in [2.05, 4.69) is 53.8 Å². The molecule has 4 rings (SSSR count). The van der Waals surface area contributed by atoms with Crippen molar-refractivity contribution >= 4 is 27.5 Å². The first kappa shape index (κ1) is 17.2. The van der Waals surface area contributed by atoms with Gasteiger partial charge in [0.25, 0.3) is 5.91 Å². The minimum absolute atomic E-state index is 0.00855. The number of hydrogen-bond acceptors (Lipinski definition) is 4. The third-order valence-corrected chi connectivity index (χ3v) is 6.19. The molecule has 6 heteroatoms. The summed E-state index contributed by atoms with van der Waals surface area (Å²) in [5, 5.41) is 12.3. The molecule has 0 saturated carbocycles. The van der Waals surface area contributed by atoms with Crippen LogP contribution in [0.3, 0.4) is 0 Å². The van der Waals surface area contributed by atoms with Crippen LogP contribution < -0.4 is 10.6 Å². The highest BCUT2D eigenvalue weighted by Gasteiger charge is 2.22. The topological polar surface area (TPSA) is 59.0 Å². The lowest BCUT2D eigenvalue weighted by atomic mass is 9.94. The standard InChI is InChI=1S/C20H24N4OS/c1-12(2)18-15-10-17(26-20(15)24(3)23-18)19(25)22-11-16-14-7-5-4-6-13(14)8-9-21-16/h4-7,10,12,16,21H,8-9,11H2,1-3H3,(H,22,25). The molecule has 2 aromatic heterocycles. The SMILES string of the molecule is CC(C)c1nn(C)c2sc(C(=O)NCC3NCCc4ccccc43)cc12. The molecule has 1 aromatic carbocycles. The van der Waals surface area contributed by atoms with Gasteiger partial charge in [-0.2, -0.15) is 5.10 Å². The normalized spacial score (nSPS) is 16.8. The van der Waals surface area contributed by atoms with Crippen LogP contribution in [0.2, 0.25) is 0 Å². The van der Waals surface area contributed by atoms with E-state index in [1.54, 1.807) is 0 Å². The van der Waals surface area contributed by atoms with Crippen LogP contribution in [0.15, 0.2) is 30.3 Å². The Labute approximate surface area is 157 Å². The van der Waals surface area contributed by atoms with Crippen molar-refractivity contribution in [2.45, 2.75) is 32.2 Å². The summed E-state index contributed by atoms with van der Waals surface area (Å²) in [4.78, 5) is 14.5. The van der Waals surface area contributed by atoms with Crippen LogP contribution in [-0.2, 0) is 13.5 Å². The smallest absolute Gasteiger partial charge is 0.261 e. The molecule has 1 amide bonds. The number of aromatic nitrogens is 2. The average molecular weight is 369 g/mol. The second kappa shape index (κ2) is 6.85. The number of carbonyl (C=O) groups excluding carboxylic acids is 1. The van der Waals surface area contributed by atoms with Crippen molar-refractivity contribution in [3.8, 4) is 0 Å². The zero-order chi connectivity index (χ0) is 18.3. The Hall–Kier alpha value is -2.18. The monoisotopic (exact) mass is 368 g/mol. The average Bonchev–Trinajstić information content (AvgIpc) is 3.20. The fourth-order valence-electron chi connectivity index (χ4n) is 3.66. The van der Waals surface area contributed by atoms with E-state index in [0.717, 1.165) is 33.8 Å². The molecule has 0 spiro atoms. The van der Waals surface area contributed by atoms with E-state index in [1.165, 1.54) is 22.5 Å². The summed E-state index contributed by atoms with van der Waals surface area (Å²) in [5.74, 6) is 0.331. The van der Waals surface area contributed by atoms with Crippen molar-refractivity contribution in [2.75, 3.05) is 13.1 Å². The molecule has 0 saturated heterocycles. The molecule has 0 radical (unpaired) electrons.